The molecule has 2 N–H and O–H groups in total. The Hall–Kier alpha value is -2.96. The van der Waals surface area contributed by atoms with Crippen molar-refractivity contribution in [3.63, 3.8) is 0 Å². The molecular weight excluding hydrogens is 328 g/mol. The lowest BCUT2D eigenvalue weighted by molar-refractivity contribution is -0.117. The van der Waals surface area contributed by atoms with Crippen molar-refractivity contribution in [1.82, 2.24) is 5.32 Å². The molecule has 3 rings (SSSR count). The zero-order chi connectivity index (χ0) is 18.0. The fraction of sp³-hybridized carbons (Fsp3) is 0.222. The first-order chi connectivity index (χ1) is 11.9. The van der Waals surface area contributed by atoms with Gasteiger partial charge < -0.3 is 15.5 Å². The summed E-state index contributed by atoms with van der Waals surface area (Å²) in [5.74, 6) is -1.68. The van der Waals surface area contributed by atoms with Crippen LogP contribution in [0.3, 0.4) is 0 Å². The molecule has 130 valence electrons. The third kappa shape index (κ3) is 3.93. The van der Waals surface area contributed by atoms with Crippen LogP contribution in [0.25, 0.3) is 0 Å². The van der Waals surface area contributed by atoms with E-state index in [1.807, 2.05) is 31.2 Å². The fourth-order valence-electron chi connectivity index (χ4n) is 2.71. The molecule has 1 aliphatic heterocycles. The van der Waals surface area contributed by atoms with Gasteiger partial charge in [-0.3, -0.25) is 4.79 Å². The van der Waals surface area contributed by atoms with Crippen LogP contribution in [-0.4, -0.2) is 24.5 Å². The van der Waals surface area contributed by atoms with Gasteiger partial charge in [-0.2, -0.15) is 0 Å². The van der Waals surface area contributed by atoms with Gasteiger partial charge in [0, 0.05) is 24.7 Å². The number of nitrogens with zero attached hydrogens (tertiary/aromatic N) is 1. The number of hydrogen-bond acceptors (Lipinski definition) is 2. The number of aryl methyl sites for hydroxylation is 1. The quantitative estimate of drug-likeness (QED) is 0.897. The van der Waals surface area contributed by atoms with Gasteiger partial charge in [-0.1, -0.05) is 17.7 Å². The maximum atomic E-state index is 13.6. The molecule has 2 aromatic carbocycles. The molecule has 1 fully saturated rings. The summed E-state index contributed by atoms with van der Waals surface area (Å²) in [6, 6.07) is 9.37. The molecule has 3 amide bonds. The minimum absolute atomic E-state index is 0.0953. The minimum atomic E-state index is -0.862. The third-order valence-corrected chi connectivity index (χ3v) is 3.99. The summed E-state index contributed by atoms with van der Waals surface area (Å²) in [4.78, 5) is 25.7. The van der Waals surface area contributed by atoms with Gasteiger partial charge in [-0.05, 0) is 31.2 Å². The Morgan fingerprint density at radius 3 is 2.56 bits per heavy atom. The van der Waals surface area contributed by atoms with Crippen LogP contribution in [0, 0.1) is 18.6 Å². The zero-order valence-corrected chi connectivity index (χ0v) is 13.6. The number of benzene rings is 2. The number of rotatable bonds is 3. The first kappa shape index (κ1) is 16.9. The Morgan fingerprint density at radius 1 is 1.16 bits per heavy atom. The molecule has 1 atom stereocenters. The molecule has 0 aliphatic carbocycles. The summed E-state index contributed by atoms with van der Waals surface area (Å²) in [7, 11) is 0. The summed E-state index contributed by atoms with van der Waals surface area (Å²) < 4.78 is 26.4. The molecule has 0 bridgehead atoms. The average molecular weight is 345 g/mol. The lowest BCUT2D eigenvalue weighted by Gasteiger charge is -2.17. The van der Waals surface area contributed by atoms with Gasteiger partial charge in [0.25, 0.3) is 0 Å². The molecule has 1 aliphatic rings. The van der Waals surface area contributed by atoms with Gasteiger partial charge in [-0.15, -0.1) is 0 Å². The zero-order valence-electron chi connectivity index (χ0n) is 13.6. The van der Waals surface area contributed by atoms with Crippen LogP contribution < -0.4 is 15.5 Å². The number of amides is 3. The van der Waals surface area contributed by atoms with E-state index in [0.717, 1.165) is 23.4 Å². The molecule has 0 aromatic heterocycles. The molecule has 1 saturated heterocycles. The maximum Gasteiger partial charge on any atom is 0.319 e. The Morgan fingerprint density at radius 2 is 1.88 bits per heavy atom. The Balaban J connectivity index is 1.61. The fourth-order valence-corrected chi connectivity index (χ4v) is 2.71. The lowest BCUT2D eigenvalue weighted by atomic mass is 10.2. The topological polar surface area (TPSA) is 61.4 Å². The normalized spacial score (nSPS) is 16.8. The second-order valence-electron chi connectivity index (χ2n) is 5.96. The molecule has 2 aromatic rings. The molecule has 7 heteroatoms. The van der Waals surface area contributed by atoms with E-state index >= 15 is 0 Å². The summed E-state index contributed by atoms with van der Waals surface area (Å²) in [6.45, 7) is 2.29. The largest absolute Gasteiger partial charge is 0.333 e. The number of carbonyl (C=O) groups is 2. The lowest BCUT2D eigenvalue weighted by Crippen LogP contribution is -2.39. The Kier molecular flexibility index (Phi) is 4.65. The van der Waals surface area contributed by atoms with Crippen molar-refractivity contribution in [1.29, 1.82) is 0 Å². The van der Waals surface area contributed by atoms with Crippen LogP contribution in [0.15, 0.2) is 42.5 Å². The molecule has 0 radical (unpaired) electrons. The molecule has 0 unspecified atom stereocenters. The number of anilines is 2. The van der Waals surface area contributed by atoms with E-state index < -0.39 is 23.7 Å². The van der Waals surface area contributed by atoms with E-state index in [9.17, 15) is 18.4 Å². The second kappa shape index (κ2) is 6.88. The van der Waals surface area contributed by atoms with Crippen molar-refractivity contribution >= 4 is 23.3 Å². The van der Waals surface area contributed by atoms with E-state index in [-0.39, 0.29) is 18.0 Å². The van der Waals surface area contributed by atoms with Crippen LogP contribution in [0.2, 0.25) is 0 Å². The highest BCUT2D eigenvalue weighted by atomic mass is 19.1. The van der Waals surface area contributed by atoms with Crippen molar-refractivity contribution in [3.8, 4) is 0 Å². The monoisotopic (exact) mass is 345 g/mol. The first-order valence-electron chi connectivity index (χ1n) is 7.82. The van der Waals surface area contributed by atoms with Crippen LogP contribution in [0.1, 0.15) is 12.0 Å². The highest BCUT2D eigenvalue weighted by Crippen LogP contribution is 2.22. The number of halogens is 2. The van der Waals surface area contributed by atoms with Gasteiger partial charge in [0.05, 0.1) is 11.7 Å². The number of urea groups is 1. The van der Waals surface area contributed by atoms with E-state index in [1.54, 1.807) is 4.90 Å². The van der Waals surface area contributed by atoms with Crippen molar-refractivity contribution in [3.05, 3.63) is 59.7 Å². The van der Waals surface area contributed by atoms with E-state index in [2.05, 4.69) is 10.6 Å². The smallest absolute Gasteiger partial charge is 0.319 e. The summed E-state index contributed by atoms with van der Waals surface area (Å²) in [5.41, 5.74) is 1.73. The van der Waals surface area contributed by atoms with Crippen molar-refractivity contribution in [2.75, 3.05) is 16.8 Å². The van der Waals surface area contributed by atoms with Gasteiger partial charge in [0.2, 0.25) is 5.91 Å². The first-order valence-corrected chi connectivity index (χ1v) is 7.82. The van der Waals surface area contributed by atoms with Crippen LogP contribution in [0.4, 0.5) is 25.0 Å². The standard InChI is InChI=1S/C18H17F2N3O2/c1-11-2-5-14(6-3-11)23-10-13(9-17(23)24)21-18(25)22-16-7-4-12(19)8-15(16)20/h2-8,13H,9-10H2,1H3,(H2,21,22,25)/t13-/m0/s1. The molecule has 5 nitrogen and oxygen atoms in total. The SMILES string of the molecule is Cc1ccc(N2C[C@@H](NC(=O)Nc3ccc(F)cc3F)CC2=O)cc1. The maximum absolute atomic E-state index is 13.6. The van der Waals surface area contributed by atoms with Crippen molar-refractivity contribution in [2.45, 2.75) is 19.4 Å². The van der Waals surface area contributed by atoms with E-state index in [1.165, 1.54) is 0 Å². The van der Waals surface area contributed by atoms with E-state index in [0.29, 0.717) is 12.6 Å². The summed E-state index contributed by atoms with van der Waals surface area (Å²) >= 11 is 0. The number of carbonyl (C=O) groups excluding carboxylic acids is 2. The highest BCUT2D eigenvalue weighted by molar-refractivity contribution is 5.97. The average Bonchev–Trinajstić information content (AvgIpc) is 2.91. The Bertz CT molecular complexity index is 808. The highest BCUT2D eigenvalue weighted by Gasteiger charge is 2.31. The van der Waals surface area contributed by atoms with Crippen LogP contribution >= 0.6 is 0 Å². The number of hydrogen-bond donors (Lipinski definition) is 2. The van der Waals surface area contributed by atoms with Gasteiger partial charge in [0.15, 0.2) is 0 Å². The van der Waals surface area contributed by atoms with Crippen LogP contribution in [-0.2, 0) is 4.79 Å². The summed E-state index contributed by atoms with van der Waals surface area (Å²) in [6.07, 6.45) is 0.160. The van der Waals surface area contributed by atoms with Gasteiger partial charge in [-0.25, -0.2) is 13.6 Å². The van der Waals surface area contributed by atoms with E-state index in [4.69, 9.17) is 0 Å². The van der Waals surface area contributed by atoms with Gasteiger partial charge >= 0.3 is 6.03 Å². The molecular formula is C18H17F2N3O2. The second-order valence-corrected chi connectivity index (χ2v) is 5.96. The minimum Gasteiger partial charge on any atom is -0.333 e. The van der Waals surface area contributed by atoms with Crippen molar-refractivity contribution in [2.24, 2.45) is 0 Å². The molecule has 0 spiro atoms. The number of nitrogens with one attached hydrogen (secondary N) is 2. The van der Waals surface area contributed by atoms with Crippen LogP contribution in [0.5, 0.6) is 0 Å². The van der Waals surface area contributed by atoms with Crippen molar-refractivity contribution < 1.29 is 18.4 Å². The molecule has 1 heterocycles. The Labute approximate surface area is 143 Å². The molecule has 25 heavy (non-hydrogen) atoms. The molecule has 0 saturated carbocycles. The van der Waals surface area contributed by atoms with Gasteiger partial charge in [0.1, 0.15) is 11.6 Å². The predicted octanol–water partition coefficient (Wildman–Crippen LogP) is 3.20. The third-order valence-electron chi connectivity index (χ3n) is 3.99. The summed E-state index contributed by atoms with van der Waals surface area (Å²) in [5, 5.41) is 4.96. The predicted molar refractivity (Wildman–Crippen MR) is 90.4 cm³/mol.